The van der Waals surface area contributed by atoms with Crippen LogP contribution in [0, 0.1) is 11.3 Å². The first-order valence-electron chi connectivity index (χ1n) is 10.7. The molecular weight excluding hydrogens is 474 g/mol. The molecule has 5 rings (SSSR count). The predicted molar refractivity (Wildman–Crippen MR) is 141 cm³/mol. The summed E-state index contributed by atoms with van der Waals surface area (Å²) in [5, 5.41) is 13.2. The fourth-order valence-corrected chi connectivity index (χ4v) is 5.25. The zero-order valence-electron chi connectivity index (χ0n) is 18.7. The van der Waals surface area contributed by atoms with Gasteiger partial charge in [-0.3, -0.25) is 4.98 Å². The molecule has 2 heterocycles. The number of thiazole rings is 1. The Morgan fingerprint density at radius 1 is 0.971 bits per heavy atom. The van der Waals surface area contributed by atoms with Gasteiger partial charge in [-0.1, -0.05) is 36.4 Å². The van der Waals surface area contributed by atoms with Crippen molar-refractivity contribution in [3.63, 3.8) is 0 Å². The molecule has 0 atom stereocenters. The highest BCUT2D eigenvalue weighted by Crippen LogP contribution is 2.32. The third-order valence-corrected chi connectivity index (χ3v) is 7.53. The van der Waals surface area contributed by atoms with Crippen molar-refractivity contribution in [2.75, 3.05) is 6.26 Å². The van der Waals surface area contributed by atoms with E-state index in [-0.39, 0.29) is 4.90 Å². The van der Waals surface area contributed by atoms with Crippen LogP contribution in [0.1, 0.15) is 21.7 Å². The molecule has 3 aromatic carbocycles. The normalized spacial score (nSPS) is 11.9. The Balaban J connectivity index is 1.64. The average Bonchev–Trinajstić information content (AvgIpc) is 3.41. The van der Waals surface area contributed by atoms with Crippen LogP contribution in [0.5, 0.6) is 0 Å². The van der Waals surface area contributed by atoms with Gasteiger partial charge in [-0.05, 0) is 59.2 Å². The summed E-state index contributed by atoms with van der Waals surface area (Å²) in [4.78, 5) is 9.32. The molecule has 0 amide bonds. The van der Waals surface area contributed by atoms with Crippen molar-refractivity contribution in [3.05, 3.63) is 112 Å². The predicted octanol–water partition coefficient (Wildman–Crippen LogP) is 6.22. The lowest BCUT2D eigenvalue weighted by Gasteiger charge is -2.10. The molecule has 0 spiro atoms. The maximum atomic E-state index is 11.9. The summed E-state index contributed by atoms with van der Waals surface area (Å²) in [5.41, 5.74) is 5.97. The summed E-state index contributed by atoms with van der Waals surface area (Å²) in [6, 6.07) is 24.7. The van der Waals surface area contributed by atoms with Crippen LogP contribution in [0.4, 0.5) is 0 Å². The van der Waals surface area contributed by atoms with Crippen molar-refractivity contribution in [3.8, 4) is 17.2 Å². The Morgan fingerprint density at radius 3 is 2.51 bits per heavy atom. The zero-order chi connectivity index (χ0) is 24.4. The van der Waals surface area contributed by atoms with Crippen LogP contribution in [0.25, 0.3) is 33.7 Å². The molecule has 0 bridgehead atoms. The molecular formula is C28H19N3O2S2. The van der Waals surface area contributed by atoms with Gasteiger partial charge in [-0.25, -0.2) is 13.4 Å². The number of nitrogens with zero attached hydrogens (tertiary/aromatic N) is 3. The number of nitriles is 1. The molecule has 0 N–H and O–H groups in total. The van der Waals surface area contributed by atoms with Crippen molar-refractivity contribution >= 4 is 43.7 Å². The van der Waals surface area contributed by atoms with Gasteiger partial charge in [-0.15, -0.1) is 11.3 Å². The summed E-state index contributed by atoms with van der Waals surface area (Å²) in [5.74, 6) is 0. The number of fused-ring (bicyclic) bond motifs is 1. The van der Waals surface area contributed by atoms with E-state index in [0.717, 1.165) is 43.7 Å². The lowest BCUT2D eigenvalue weighted by molar-refractivity contribution is 0.602. The Hall–Kier alpha value is -4.12. The standard InChI is InChI=1S/C28H19N3O2S2/c1-35(32,33)24-9-7-21(8-10-24)26(28-31-12-13-34-28)16-19-4-2-5-22(14-19)25-17-20(18-29)15-23-6-3-11-30-27(23)25/h2-17H,1H3/b26-16-. The van der Waals surface area contributed by atoms with Crippen molar-refractivity contribution < 1.29 is 8.42 Å². The van der Waals surface area contributed by atoms with E-state index in [1.807, 2.05) is 53.9 Å². The third kappa shape index (κ3) is 4.76. The number of rotatable bonds is 5. The number of sulfone groups is 1. The van der Waals surface area contributed by atoms with Crippen molar-refractivity contribution in [1.29, 1.82) is 5.26 Å². The SMILES string of the molecule is CS(=O)(=O)c1ccc(/C(=C/c2cccc(-c3cc(C#N)cc4cccnc34)c2)c2nccs2)cc1. The van der Waals surface area contributed by atoms with Crippen LogP contribution >= 0.6 is 11.3 Å². The second-order valence-electron chi connectivity index (χ2n) is 8.03. The molecule has 5 nitrogen and oxygen atoms in total. The Morgan fingerprint density at radius 2 is 1.80 bits per heavy atom. The number of aromatic nitrogens is 2. The largest absolute Gasteiger partial charge is 0.256 e. The molecule has 170 valence electrons. The second-order valence-corrected chi connectivity index (χ2v) is 10.9. The maximum absolute atomic E-state index is 11.9. The van der Waals surface area contributed by atoms with E-state index in [9.17, 15) is 13.7 Å². The monoisotopic (exact) mass is 493 g/mol. The van der Waals surface area contributed by atoms with Crippen molar-refractivity contribution in [2.24, 2.45) is 0 Å². The Bertz CT molecular complexity index is 1710. The average molecular weight is 494 g/mol. The quantitative estimate of drug-likeness (QED) is 0.271. The lowest BCUT2D eigenvalue weighted by Crippen LogP contribution is -1.97. The molecule has 35 heavy (non-hydrogen) atoms. The zero-order valence-corrected chi connectivity index (χ0v) is 20.3. The summed E-state index contributed by atoms with van der Waals surface area (Å²) >= 11 is 1.52. The Kier molecular flexibility index (Phi) is 6.00. The first-order chi connectivity index (χ1) is 16.9. The van der Waals surface area contributed by atoms with Gasteiger partial charge in [0.2, 0.25) is 0 Å². The molecule has 0 saturated heterocycles. The van der Waals surface area contributed by atoms with Crippen molar-refractivity contribution in [1.82, 2.24) is 9.97 Å². The minimum absolute atomic E-state index is 0.276. The van der Waals surface area contributed by atoms with Crippen LogP contribution in [0.2, 0.25) is 0 Å². The summed E-state index contributed by atoms with van der Waals surface area (Å²) < 4.78 is 23.8. The van der Waals surface area contributed by atoms with Crippen molar-refractivity contribution in [2.45, 2.75) is 4.90 Å². The Labute approximate surface area is 207 Å². The number of benzene rings is 3. The molecule has 0 unspecified atom stereocenters. The highest BCUT2D eigenvalue weighted by atomic mass is 32.2. The minimum atomic E-state index is -3.28. The lowest BCUT2D eigenvalue weighted by atomic mass is 9.96. The maximum Gasteiger partial charge on any atom is 0.175 e. The fraction of sp³-hybridized carbons (Fsp3) is 0.0357. The van der Waals surface area contributed by atoms with E-state index < -0.39 is 9.84 Å². The molecule has 5 aromatic rings. The van der Waals surface area contributed by atoms with Gasteiger partial charge in [0.1, 0.15) is 5.01 Å². The van der Waals surface area contributed by atoms with Gasteiger partial charge >= 0.3 is 0 Å². The molecule has 0 aliphatic rings. The van der Waals surface area contributed by atoms with E-state index >= 15 is 0 Å². The van der Waals surface area contributed by atoms with Gasteiger partial charge in [0, 0.05) is 40.6 Å². The molecule has 0 aliphatic carbocycles. The smallest absolute Gasteiger partial charge is 0.175 e. The van der Waals surface area contributed by atoms with E-state index in [2.05, 4.69) is 22.1 Å². The first kappa shape index (κ1) is 22.7. The summed E-state index contributed by atoms with van der Waals surface area (Å²) in [6.45, 7) is 0. The van der Waals surface area contributed by atoms with Gasteiger partial charge in [0.25, 0.3) is 0 Å². The minimum Gasteiger partial charge on any atom is -0.256 e. The molecule has 0 aliphatic heterocycles. The van der Waals surface area contributed by atoms with Crippen LogP contribution in [-0.4, -0.2) is 24.6 Å². The molecule has 0 fully saturated rings. The fourth-order valence-electron chi connectivity index (χ4n) is 3.95. The van der Waals surface area contributed by atoms with Crippen LogP contribution in [0.3, 0.4) is 0 Å². The van der Waals surface area contributed by atoms with E-state index in [1.165, 1.54) is 17.6 Å². The third-order valence-electron chi connectivity index (χ3n) is 5.60. The first-order valence-corrected chi connectivity index (χ1v) is 13.5. The van der Waals surface area contributed by atoms with Gasteiger partial charge in [-0.2, -0.15) is 5.26 Å². The van der Waals surface area contributed by atoms with Crippen LogP contribution in [-0.2, 0) is 9.84 Å². The second kappa shape index (κ2) is 9.26. The summed E-state index contributed by atoms with van der Waals surface area (Å²) in [6.07, 6.45) is 6.75. The van der Waals surface area contributed by atoms with Gasteiger partial charge in [0.05, 0.1) is 22.0 Å². The van der Waals surface area contributed by atoms with Gasteiger partial charge in [0.15, 0.2) is 9.84 Å². The van der Waals surface area contributed by atoms with Gasteiger partial charge < -0.3 is 0 Å². The molecule has 0 radical (unpaired) electrons. The van der Waals surface area contributed by atoms with E-state index in [4.69, 9.17) is 0 Å². The molecule has 7 heteroatoms. The van der Waals surface area contributed by atoms with Crippen LogP contribution < -0.4 is 0 Å². The number of pyridine rings is 1. The topological polar surface area (TPSA) is 83.7 Å². The molecule has 2 aromatic heterocycles. The highest BCUT2D eigenvalue weighted by Gasteiger charge is 2.13. The number of hydrogen-bond acceptors (Lipinski definition) is 6. The van der Waals surface area contributed by atoms with Crippen LogP contribution in [0.15, 0.2) is 95.5 Å². The van der Waals surface area contributed by atoms with E-state index in [1.54, 1.807) is 36.7 Å². The van der Waals surface area contributed by atoms with E-state index in [0.29, 0.717) is 5.56 Å². The number of hydrogen-bond donors (Lipinski definition) is 0. The summed E-state index contributed by atoms with van der Waals surface area (Å²) in [7, 11) is -3.28. The highest BCUT2D eigenvalue weighted by molar-refractivity contribution is 7.90. The molecule has 0 saturated carbocycles.